The third-order valence-corrected chi connectivity index (χ3v) is 2.85. The van der Waals surface area contributed by atoms with Crippen LogP contribution in [0.25, 0.3) is 0 Å². The fourth-order valence-electron chi connectivity index (χ4n) is 1.38. The second kappa shape index (κ2) is 6.66. The summed E-state index contributed by atoms with van der Waals surface area (Å²) in [5, 5.41) is 3.44. The van der Waals surface area contributed by atoms with E-state index in [-0.39, 0.29) is 0 Å². The molecule has 1 nitrogen and oxygen atoms in total. The van der Waals surface area contributed by atoms with Gasteiger partial charge in [-0.1, -0.05) is 28.1 Å². The maximum absolute atomic E-state index is 5.19. The summed E-state index contributed by atoms with van der Waals surface area (Å²) in [4.78, 5) is 0. The highest BCUT2D eigenvalue weighted by Crippen LogP contribution is 2.16. The van der Waals surface area contributed by atoms with Crippen LogP contribution in [0.15, 0.2) is 28.7 Å². The molecule has 1 aromatic carbocycles. The summed E-state index contributed by atoms with van der Waals surface area (Å²) < 4.78 is 1.12. The number of benzene rings is 1. The molecule has 1 rings (SSSR count). The molecule has 15 heavy (non-hydrogen) atoms. The zero-order chi connectivity index (χ0) is 11.1. The maximum atomic E-state index is 5.19. The van der Waals surface area contributed by atoms with E-state index in [9.17, 15) is 0 Å². The van der Waals surface area contributed by atoms with Crippen molar-refractivity contribution in [1.29, 1.82) is 0 Å². The van der Waals surface area contributed by atoms with E-state index in [0.717, 1.165) is 23.9 Å². The highest BCUT2D eigenvalue weighted by Gasteiger charge is 2.02. The molecule has 0 heterocycles. The van der Waals surface area contributed by atoms with E-state index in [1.54, 1.807) is 0 Å². The maximum Gasteiger partial charge on any atom is 0.0291 e. The molecule has 0 aromatic heterocycles. The number of rotatable bonds is 5. The minimum absolute atomic E-state index is 0.385. The molecule has 1 aromatic rings. The second-order valence-electron chi connectivity index (χ2n) is 3.54. The van der Waals surface area contributed by atoms with Gasteiger partial charge in [-0.05, 0) is 37.6 Å². The smallest absolute Gasteiger partial charge is 0.0291 e. The van der Waals surface area contributed by atoms with Crippen molar-refractivity contribution < 1.29 is 0 Å². The van der Waals surface area contributed by atoms with E-state index in [1.165, 1.54) is 5.56 Å². The molecular formula is C13H16BrN. The zero-order valence-corrected chi connectivity index (χ0v) is 10.5. The Kier molecular flexibility index (Phi) is 5.45. The first-order valence-corrected chi connectivity index (χ1v) is 5.95. The fourth-order valence-corrected chi connectivity index (χ4v) is 1.64. The van der Waals surface area contributed by atoms with Gasteiger partial charge in [0.1, 0.15) is 0 Å². The minimum Gasteiger partial charge on any atom is -0.310 e. The Morgan fingerprint density at radius 1 is 1.40 bits per heavy atom. The molecular weight excluding hydrogens is 250 g/mol. The van der Waals surface area contributed by atoms with E-state index in [0.29, 0.717) is 6.04 Å². The highest BCUT2D eigenvalue weighted by molar-refractivity contribution is 9.10. The summed E-state index contributed by atoms with van der Waals surface area (Å²) in [6.07, 6.45) is 7.08. The van der Waals surface area contributed by atoms with Crippen molar-refractivity contribution in [2.45, 2.75) is 25.8 Å². The van der Waals surface area contributed by atoms with Gasteiger partial charge in [-0.2, -0.15) is 0 Å². The SMILES string of the molecule is C#CCCCN[C@H](C)c1ccc(Br)cc1. The Bertz CT molecular complexity index is 323. The van der Waals surface area contributed by atoms with Crippen molar-refractivity contribution >= 4 is 15.9 Å². The molecule has 0 bridgehead atoms. The number of unbranched alkanes of at least 4 members (excludes halogenated alkanes) is 1. The molecule has 1 atom stereocenters. The van der Waals surface area contributed by atoms with Gasteiger partial charge in [0.2, 0.25) is 0 Å². The molecule has 80 valence electrons. The topological polar surface area (TPSA) is 12.0 Å². The van der Waals surface area contributed by atoms with E-state index in [1.807, 2.05) is 0 Å². The Morgan fingerprint density at radius 2 is 2.07 bits per heavy atom. The lowest BCUT2D eigenvalue weighted by Crippen LogP contribution is -2.19. The van der Waals surface area contributed by atoms with Gasteiger partial charge < -0.3 is 5.32 Å². The number of terminal acetylenes is 1. The summed E-state index contributed by atoms with van der Waals surface area (Å²) in [5.74, 6) is 2.64. The summed E-state index contributed by atoms with van der Waals surface area (Å²) in [5.41, 5.74) is 1.30. The van der Waals surface area contributed by atoms with Crippen LogP contribution in [0.3, 0.4) is 0 Å². The van der Waals surface area contributed by atoms with Crippen LogP contribution in [0, 0.1) is 12.3 Å². The molecule has 1 N–H and O–H groups in total. The minimum atomic E-state index is 0.385. The van der Waals surface area contributed by atoms with Gasteiger partial charge >= 0.3 is 0 Å². The first-order chi connectivity index (χ1) is 7.24. The lowest BCUT2D eigenvalue weighted by molar-refractivity contribution is 0.562. The van der Waals surface area contributed by atoms with Gasteiger partial charge in [-0.15, -0.1) is 12.3 Å². The molecule has 0 spiro atoms. The number of hydrogen-bond donors (Lipinski definition) is 1. The van der Waals surface area contributed by atoms with Crippen molar-refractivity contribution in [2.24, 2.45) is 0 Å². The second-order valence-corrected chi connectivity index (χ2v) is 4.45. The highest BCUT2D eigenvalue weighted by atomic mass is 79.9. The van der Waals surface area contributed by atoms with Crippen molar-refractivity contribution in [2.75, 3.05) is 6.54 Å². The molecule has 0 aliphatic carbocycles. The Balaban J connectivity index is 2.37. The van der Waals surface area contributed by atoms with Crippen LogP contribution in [-0.2, 0) is 0 Å². The van der Waals surface area contributed by atoms with Crippen LogP contribution in [0.5, 0.6) is 0 Å². The quantitative estimate of drug-likeness (QED) is 0.635. The molecule has 0 aliphatic heterocycles. The van der Waals surface area contributed by atoms with Crippen LogP contribution in [0.4, 0.5) is 0 Å². The third kappa shape index (κ3) is 4.51. The first-order valence-electron chi connectivity index (χ1n) is 5.16. The monoisotopic (exact) mass is 265 g/mol. The molecule has 0 saturated carbocycles. The lowest BCUT2D eigenvalue weighted by Gasteiger charge is -2.13. The Morgan fingerprint density at radius 3 is 2.67 bits per heavy atom. The van der Waals surface area contributed by atoms with E-state index < -0.39 is 0 Å². The van der Waals surface area contributed by atoms with E-state index >= 15 is 0 Å². The lowest BCUT2D eigenvalue weighted by atomic mass is 10.1. The summed E-state index contributed by atoms with van der Waals surface area (Å²) in [6, 6.07) is 8.77. The normalized spacial score (nSPS) is 12.1. The van der Waals surface area contributed by atoms with E-state index in [4.69, 9.17) is 6.42 Å². The van der Waals surface area contributed by atoms with Crippen LogP contribution < -0.4 is 5.32 Å². The van der Waals surface area contributed by atoms with Crippen LogP contribution in [0.1, 0.15) is 31.4 Å². The molecule has 0 aliphatic rings. The summed E-state index contributed by atoms with van der Waals surface area (Å²) >= 11 is 3.43. The van der Waals surface area contributed by atoms with Crippen molar-refractivity contribution in [3.8, 4) is 12.3 Å². The van der Waals surface area contributed by atoms with Crippen molar-refractivity contribution in [1.82, 2.24) is 5.32 Å². The van der Waals surface area contributed by atoms with Gasteiger partial charge in [0, 0.05) is 16.9 Å². The third-order valence-electron chi connectivity index (χ3n) is 2.32. The average Bonchev–Trinajstić information content (AvgIpc) is 2.25. The fraction of sp³-hybridized carbons (Fsp3) is 0.385. The standard InChI is InChI=1S/C13H16BrN/c1-3-4-5-10-15-11(2)12-6-8-13(14)9-7-12/h1,6-9,11,15H,4-5,10H2,2H3/t11-/m1/s1. The molecule has 0 radical (unpaired) electrons. The van der Waals surface area contributed by atoms with Crippen LogP contribution in [-0.4, -0.2) is 6.54 Å². The van der Waals surface area contributed by atoms with E-state index in [2.05, 4.69) is 58.4 Å². The van der Waals surface area contributed by atoms with Crippen LogP contribution >= 0.6 is 15.9 Å². The van der Waals surface area contributed by atoms with Crippen molar-refractivity contribution in [3.05, 3.63) is 34.3 Å². The van der Waals surface area contributed by atoms with Gasteiger partial charge in [0.05, 0.1) is 0 Å². The molecule has 2 heteroatoms. The number of nitrogens with one attached hydrogen (secondary N) is 1. The number of hydrogen-bond acceptors (Lipinski definition) is 1. The molecule has 0 amide bonds. The zero-order valence-electron chi connectivity index (χ0n) is 8.96. The average molecular weight is 266 g/mol. The molecule has 0 saturated heterocycles. The Hall–Kier alpha value is -0.780. The largest absolute Gasteiger partial charge is 0.310 e. The van der Waals surface area contributed by atoms with Gasteiger partial charge in [0.25, 0.3) is 0 Å². The number of halogens is 1. The first kappa shape index (κ1) is 12.3. The van der Waals surface area contributed by atoms with Crippen molar-refractivity contribution in [3.63, 3.8) is 0 Å². The predicted octanol–water partition coefficient (Wildman–Crippen LogP) is 3.51. The summed E-state index contributed by atoms with van der Waals surface area (Å²) in [7, 11) is 0. The van der Waals surface area contributed by atoms with Gasteiger partial charge in [0.15, 0.2) is 0 Å². The summed E-state index contributed by atoms with van der Waals surface area (Å²) in [6.45, 7) is 3.14. The Labute approximate surface area is 100 Å². The van der Waals surface area contributed by atoms with Gasteiger partial charge in [-0.3, -0.25) is 0 Å². The molecule has 0 unspecified atom stereocenters. The molecule has 0 fully saturated rings. The predicted molar refractivity (Wildman–Crippen MR) is 68.6 cm³/mol. The van der Waals surface area contributed by atoms with Gasteiger partial charge in [-0.25, -0.2) is 0 Å². The van der Waals surface area contributed by atoms with Crippen LogP contribution in [0.2, 0.25) is 0 Å².